The second-order valence-corrected chi connectivity index (χ2v) is 5.38. The van der Waals surface area contributed by atoms with E-state index in [2.05, 4.69) is 38.2 Å². The normalized spacial score (nSPS) is 17.2. The lowest BCUT2D eigenvalue weighted by Crippen LogP contribution is -2.43. The lowest BCUT2D eigenvalue weighted by molar-refractivity contribution is 0.423. The molecule has 0 aromatic carbocycles. The second-order valence-electron chi connectivity index (χ2n) is 4.59. The Balaban J connectivity index is 2.10. The molecular formula is C12H19BrN4O. The van der Waals surface area contributed by atoms with Crippen molar-refractivity contribution in [2.45, 2.75) is 25.8 Å². The molecule has 18 heavy (non-hydrogen) atoms. The van der Waals surface area contributed by atoms with Crippen LogP contribution < -0.4 is 15.8 Å². The maximum atomic E-state index is 11.8. The van der Waals surface area contributed by atoms with Crippen LogP contribution in [0.3, 0.4) is 0 Å². The predicted octanol–water partition coefficient (Wildman–Crippen LogP) is 1.12. The molecule has 0 atom stereocenters. The molecule has 2 rings (SSSR count). The molecule has 1 aliphatic rings. The van der Waals surface area contributed by atoms with Gasteiger partial charge in [0.1, 0.15) is 4.47 Å². The van der Waals surface area contributed by atoms with Gasteiger partial charge in [-0.1, -0.05) is 6.92 Å². The van der Waals surface area contributed by atoms with Gasteiger partial charge in [0.15, 0.2) is 0 Å². The van der Waals surface area contributed by atoms with Gasteiger partial charge in [-0.25, -0.2) is 4.68 Å². The highest BCUT2D eigenvalue weighted by atomic mass is 79.9. The van der Waals surface area contributed by atoms with E-state index < -0.39 is 0 Å². The molecule has 5 nitrogen and oxygen atoms in total. The average Bonchev–Trinajstić information content (AvgIpc) is 2.38. The van der Waals surface area contributed by atoms with Crippen LogP contribution in [-0.2, 0) is 7.05 Å². The van der Waals surface area contributed by atoms with Crippen molar-refractivity contribution in [2.24, 2.45) is 7.05 Å². The van der Waals surface area contributed by atoms with Crippen LogP contribution in [-0.4, -0.2) is 35.5 Å². The number of aromatic nitrogens is 2. The number of hydrogen-bond acceptors (Lipinski definition) is 4. The first-order valence-corrected chi connectivity index (χ1v) is 7.13. The van der Waals surface area contributed by atoms with E-state index in [1.54, 1.807) is 13.2 Å². The minimum Gasteiger partial charge on any atom is -0.369 e. The number of rotatable bonds is 3. The molecule has 0 radical (unpaired) electrons. The number of nitrogens with one attached hydrogen (secondary N) is 1. The number of nitrogens with zero attached hydrogens (tertiary/aromatic N) is 3. The molecule has 0 bridgehead atoms. The fourth-order valence-corrected chi connectivity index (χ4v) is 2.95. The zero-order valence-electron chi connectivity index (χ0n) is 10.8. The van der Waals surface area contributed by atoms with Gasteiger partial charge in [-0.15, -0.1) is 0 Å². The monoisotopic (exact) mass is 314 g/mol. The maximum absolute atomic E-state index is 11.8. The van der Waals surface area contributed by atoms with Gasteiger partial charge in [-0.2, -0.15) is 5.10 Å². The number of piperidine rings is 1. The molecular weight excluding hydrogens is 296 g/mol. The molecule has 0 aliphatic carbocycles. The molecule has 6 heteroatoms. The van der Waals surface area contributed by atoms with E-state index in [1.807, 2.05) is 0 Å². The first-order valence-electron chi connectivity index (χ1n) is 6.33. The molecule has 1 N–H and O–H groups in total. The van der Waals surface area contributed by atoms with E-state index in [9.17, 15) is 4.79 Å². The highest BCUT2D eigenvalue weighted by Crippen LogP contribution is 2.24. The molecule has 100 valence electrons. The molecule has 0 unspecified atom stereocenters. The Morgan fingerprint density at radius 2 is 2.17 bits per heavy atom. The quantitative estimate of drug-likeness (QED) is 0.908. The molecule has 0 spiro atoms. The summed E-state index contributed by atoms with van der Waals surface area (Å²) in [5, 5.41) is 7.56. The topological polar surface area (TPSA) is 50.2 Å². The summed E-state index contributed by atoms with van der Waals surface area (Å²) in [4.78, 5) is 14.0. The van der Waals surface area contributed by atoms with Crippen LogP contribution in [0.5, 0.6) is 0 Å². The summed E-state index contributed by atoms with van der Waals surface area (Å²) in [5.74, 6) is 0. The lowest BCUT2D eigenvalue weighted by Gasteiger charge is -2.34. The van der Waals surface area contributed by atoms with Crippen molar-refractivity contribution in [3.63, 3.8) is 0 Å². The Bertz CT molecular complexity index is 466. The Hall–Kier alpha value is -0.880. The molecule has 0 amide bonds. The van der Waals surface area contributed by atoms with Gasteiger partial charge in [0, 0.05) is 26.2 Å². The van der Waals surface area contributed by atoms with Gasteiger partial charge < -0.3 is 10.2 Å². The van der Waals surface area contributed by atoms with E-state index in [-0.39, 0.29) is 5.56 Å². The summed E-state index contributed by atoms with van der Waals surface area (Å²) >= 11 is 3.38. The van der Waals surface area contributed by atoms with Crippen LogP contribution in [0.2, 0.25) is 0 Å². The first-order chi connectivity index (χ1) is 8.63. The zero-order valence-corrected chi connectivity index (χ0v) is 12.4. The highest BCUT2D eigenvalue weighted by molar-refractivity contribution is 9.10. The van der Waals surface area contributed by atoms with Crippen molar-refractivity contribution in [3.8, 4) is 0 Å². The maximum Gasteiger partial charge on any atom is 0.282 e. The van der Waals surface area contributed by atoms with Gasteiger partial charge in [0.2, 0.25) is 0 Å². The third kappa shape index (κ3) is 2.75. The molecule has 1 saturated heterocycles. The average molecular weight is 315 g/mol. The van der Waals surface area contributed by atoms with Gasteiger partial charge in [0.05, 0.1) is 11.9 Å². The number of aryl methyl sites for hydroxylation is 1. The summed E-state index contributed by atoms with van der Waals surface area (Å²) in [6.07, 6.45) is 3.98. The highest BCUT2D eigenvalue weighted by Gasteiger charge is 2.21. The SMILES string of the molecule is CCNC1CCN(c2cnn(C)c(=O)c2Br)CC1. The fourth-order valence-electron chi connectivity index (χ4n) is 2.34. The summed E-state index contributed by atoms with van der Waals surface area (Å²) in [6, 6.07) is 0.601. The Kier molecular flexibility index (Phi) is 4.40. The van der Waals surface area contributed by atoms with Gasteiger partial charge in [0.25, 0.3) is 5.56 Å². The minimum atomic E-state index is -0.0821. The van der Waals surface area contributed by atoms with E-state index >= 15 is 0 Å². The van der Waals surface area contributed by atoms with Crippen LogP contribution in [0.4, 0.5) is 5.69 Å². The summed E-state index contributed by atoms with van der Waals surface area (Å²) in [5.41, 5.74) is 0.828. The van der Waals surface area contributed by atoms with Crippen LogP contribution >= 0.6 is 15.9 Å². The third-order valence-corrected chi connectivity index (χ3v) is 4.13. The smallest absolute Gasteiger partial charge is 0.282 e. The van der Waals surface area contributed by atoms with Gasteiger partial charge in [-0.3, -0.25) is 4.79 Å². The van der Waals surface area contributed by atoms with E-state index in [0.717, 1.165) is 38.2 Å². The lowest BCUT2D eigenvalue weighted by atomic mass is 10.0. The zero-order chi connectivity index (χ0) is 13.1. The molecule has 0 saturated carbocycles. The van der Waals surface area contributed by atoms with E-state index in [1.165, 1.54) is 4.68 Å². The number of hydrogen-bond donors (Lipinski definition) is 1. The first kappa shape index (κ1) is 13.5. The van der Waals surface area contributed by atoms with Crippen molar-refractivity contribution in [1.29, 1.82) is 0 Å². The standard InChI is InChI=1S/C12H19BrN4O/c1-3-14-9-4-6-17(7-5-9)10-8-15-16(2)12(18)11(10)13/h8-9,14H,3-7H2,1-2H3. The minimum absolute atomic E-state index is 0.0821. The summed E-state index contributed by atoms with van der Waals surface area (Å²) in [7, 11) is 1.66. The van der Waals surface area contributed by atoms with Gasteiger partial charge in [-0.05, 0) is 35.3 Å². The summed E-state index contributed by atoms with van der Waals surface area (Å²) < 4.78 is 1.96. The van der Waals surface area contributed by atoms with E-state index in [0.29, 0.717) is 10.5 Å². The number of anilines is 1. The second kappa shape index (κ2) is 5.84. The molecule has 1 aromatic heterocycles. The van der Waals surface area contributed by atoms with Crippen molar-refractivity contribution in [1.82, 2.24) is 15.1 Å². The van der Waals surface area contributed by atoms with Gasteiger partial charge >= 0.3 is 0 Å². The Morgan fingerprint density at radius 1 is 1.50 bits per heavy atom. The van der Waals surface area contributed by atoms with Crippen LogP contribution in [0.25, 0.3) is 0 Å². The largest absolute Gasteiger partial charge is 0.369 e. The molecule has 2 heterocycles. The summed E-state index contributed by atoms with van der Waals surface area (Å²) in [6.45, 7) is 5.08. The van der Waals surface area contributed by atoms with Crippen molar-refractivity contribution in [2.75, 3.05) is 24.5 Å². The Morgan fingerprint density at radius 3 is 2.78 bits per heavy atom. The van der Waals surface area contributed by atoms with Crippen LogP contribution in [0, 0.1) is 0 Å². The third-order valence-electron chi connectivity index (χ3n) is 3.39. The fraction of sp³-hybridized carbons (Fsp3) is 0.667. The molecule has 1 aromatic rings. The van der Waals surface area contributed by atoms with Crippen molar-refractivity contribution >= 4 is 21.6 Å². The number of halogens is 1. The van der Waals surface area contributed by atoms with Crippen molar-refractivity contribution < 1.29 is 0 Å². The predicted molar refractivity (Wildman–Crippen MR) is 76.1 cm³/mol. The van der Waals surface area contributed by atoms with Crippen LogP contribution in [0.1, 0.15) is 19.8 Å². The molecule has 1 aliphatic heterocycles. The van der Waals surface area contributed by atoms with Crippen molar-refractivity contribution in [3.05, 3.63) is 21.0 Å². The van der Waals surface area contributed by atoms with E-state index in [4.69, 9.17) is 0 Å². The van der Waals surface area contributed by atoms with Crippen LogP contribution in [0.15, 0.2) is 15.5 Å². The molecule has 1 fully saturated rings. The Labute approximate surface area is 115 Å².